The average molecular weight is 429 g/mol. The molecule has 150 valence electrons. The molecule has 0 aliphatic rings. The monoisotopic (exact) mass is 428 g/mol. The molecule has 2 atom stereocenters. The molecule has 0 bridgehead atoms. The summed E-state index contributed by atoms with van der Waals surface area (Å²) in [6, 6.07) is 8.57. The fourth-order valence-corrected chi connectivity index (χ4v) is 3.37. The summed E-state index contributed by atoms with van der Waals surface area (Å²) in [7, 11) is -4.13. The first-order valence-electron chi connectivity index (χ1n) is 8.08. The summed E-state index contributed by atoms with van der Waals surface area (Å²) >= 11 is 5.77. The number of sulfonamides is 1. The second kappa shape index (κ2) is 8.68. The van der Waals surface area contributed by atoms with Crippen LogP contribution >= 0.6 is 11.6 Å². The number of halogens is 2. The molecule has 0 saturated carbocycles. The van der Waals surface area contributed by atoms with Crippen LogP contribution in [0.15, 0.2) is 47.4 Å². The van der Waals surface area contributed by atoms with Crippen LogP contribution in [0, 0.1) is 5.82 Å². The molecule has 0 fully saturated rings. The largest absolute Gasteiger partial charge is 0.449 e. The Kier molecular flexibility index (Phi) is 6.76. The van der Waals surface area contributed by atoms with Crippen LogP contribution in [0.25, 0.3) is 0 Å². The van der Waals surface area contributed by atoms with E-state index in [1.54, 1.807) is 6.92 Å². The van der Waals surface area contributed by atoms with Gasteiger partial charge in [-0.3, -0.25) is 4.79 Å². The second-order valence-electron chi connectivity index (χ2n) is 6.02. The topological polar surface area (TPSA) is 116 Å². The lowest BCUT2D eigenvalue weighted by molar-refractivity contribution is -0.129. The Balaban J connectivity index is 2.05. The molecule has 7 nitrogen and oxygen atoms in total. The number of carbonyl (C=O) groups excluding carboxylic acids is 2. The van der Waals surface area contributed by atoms with Gasteiger partial charge >= 0.3 is 5.97 Å². The number of rotatable bonds is 6. The van der Waals surface area contributed by atoms with E-state index in [1.165, 1.54) is 43.3 Å². The van der Waals surface area contributed by atoms with E-state index in [1.807, 2.05) is 0 Å². The first-order valence-corrected chi connectivity index (χ1v) is 10.0. The van der Waals surface area contributed by atoms with Crippen LogP contribution in [0.2, 0.25) is 5.02 Å². The predicted molar refractivity (Wildman–Crippen MR) is 101 cm³/mol. The molecular formula is C18H18ClFN2O5S. The van der Waals surface area contributed by atoms with Crippen LogP contribution in [-0.4, -0.2) is 26.4 Å². The number of primary sulfonamides is 1. The summed E-state index contributed by atoms with van der Waals surface area (Å²) in [5.41, 5.74) is 0.545. The van der Waals surface area contributed by atoms with E-state index in [0.717, 1.165) is 6.07 Å². The van der Waals surface area contributed by atoms with Crippen LogP contribution in [-0.2, 0) is 19.6 Å². The lowest BCUT2D eigenvalue weighted by atomic mass is 10.1. The third kappa shape index (κ3) is 5.51. The van der Waals surface area contributed by atoms with Crippen LogP contribution in [0.1, 0.15) is 35.8 Å². The zero-order valence-electron chi connectivity index (χ0n) is 15.0. The highest BCUT2D eigenvalue weighted by Crippen LogP contribution is 2.22. The molecule has 10 heteroatoms. The molecule has 2 rings (SSSR count). The first-order chi connectivity index (χ1) is 13.0. The number of amides is 1. The van der Waals surface area contributed by atoms with Crippen molar-refractivity contribution in [2.75, 3.05) is 0 Å². The third-order valence-electron chi connectivity index (χ3n) is 3.86. The van der Waals surface area contributed by atoms with Gasteiger partial charge in [-0.1, -0.05) is 23.7 Å². The smallest absolute Gasteiger partial charge is 0.338 e. The molecule has 2 aromatic rings. The Morgan fingerprint density at radius 2 is 1.75 bits per heavy atom. The molecule has 0 aromatic heterocycles. The quantitative estimate of drug-likeness (QED) is 0.686. The molecule has 1 amide bonds. The lowest BCUT2D eigenvalue weighted by Crippen LogP contribution is -2.37. The van der Waals surface area contributed by atoms with E-state index >= 15 is 0 Å². The normalized spacial score (nSPS) is 13.5. The highest BCUT2D eigenvalue weighted by molar-refractivity contribution is 7.89. The van der Waals surface area contributed by atoms with Crippen molar-refractivity contribution in [3.8, 4) is 0 Å². The fraction of sp³-hybridized carbons (Fsp3) is 0.222. The van der Waals surface area contributed by atoms with Crippen LogP contribution < -0.4 is 10.5 Å². The first kappa shape index (κ1) is 21.8. The summed E-state index contributed by atoms with van der Waals surface area (Å²) in [6.07, 6.45) is -1.16. The molecule has 2 aromatic carbocycles. The molecule has 0 aliphatic heterocycles. The third-order valence-corrected chi connectivity index (χ3v) is 5.25. The molecule has 2 unspecified atom stereocenters. The van der Waals surface area contributed by atoms with Crippen LogP contribution in [0.3, 0.4) is 0 Å². The van der Waals surface area contributed by atoms with Gasteiger partial charge in [-0.2, -0.15) is 0 Å². The molecule has 0 radical (unpaired) electrons. The van der Waals surface area contributed by atoms with Gasteiger partial charge in [-0.05, 0) is 49.7 Å². The van der Waals surface area contributed by atoms with Crippen LogP contribution in [0.4, 0.5) is 4.39 Å². The number of hydrogen-bond donors (Lipinski definition) is 2. The fourth-order valence-electron chi connectivity index (χ4n) is 2.30. The summed E-state index contributed by atoms with van der Waals surface area (Å²) in [4.78, 5) is 24.0. The molecule has 0 aliphatic carbocycles. The van der Waals surface area contributed by atoms with Gasteiger partial charge in [0.05, 0.1) is 16.6 Å². The Morgan fingerprint density at radius 1 is 1.14 bits per heavy atom. The molecular weight excluding hydrogens is 411 g/mol. The Morgan fingerprint density at radius 3 is 2.32 bits per heavy atom. The molecule has 28 heavy (non-hydrogen) atoms. The standard InChI is InChI=1S/C18H18ClFN2O5S/c1-10(12-3-6-14(20)7-4-12)22-17(23)11(2)27-18(24)13-5-8-15(19)16(9-13)28(21,25)26/h3-11H,1-2H3,(H,22,23)(H2,21,25,26). The maximum atomic E-state index is 13.0. The van der Waals surface area contributed by atoms with Gasteiger partial charge in [-0.25, -0.2) is 22.7 Å². The van der Waals surface area contributed by atoms with Crippen molar-refractivity contribution in [2.24, 2.45) is 5.14 Å². The van der Waals surface area contributed by atoms with E-state index in [4.69, 9.17) is 21.5 Å². The number of ether oxygens (including phenoxy) is 1. The lowest BCUT2D eigenvalue weighted by Gasteiger charge is -2.18. The number of carbonyl (C=O) groups is 2. The van der Waals surface area contributed by atoms with Gasteiger partial charge in [0.2, 0.25) is 10.0 Å². The van der Waals surface area contributed by atoms with E-state index in [9.17, 15) is 22.4 Å². The van der Waals surface area contributed by atoms with E-state index in [-0.39, 0.29) is 10.6 Å². The highest BCUT2D eigenvalue weighted by Gasteiger charge is 2.23. The van der Waals surface area contributed by atoms with Crippen molar-refractivity contribution in [3.05, 3.63) is 64.4 Å². The number of esters is 1. The minimum Gasteiger partial charge on any atom is -0.449 e. The van der Waals surface area contributed by atoms with Crippen molar-refractivity contribution < 1.29 is 27.1 Å². The number of nitrogens with two attached hydrogens (primary N) is 1. The Hall–Kier alpha value is -2.49. The second-order valence-corrected chi connectivity index (χ2v) is 7.96. The predicted octanol–water partition coefficient (Wildman–Crippen LogP) is 2.55. The highest BCUT2D eigenvalue weighted by atomic mass is 35.5. The van der Waals surface area contributed by atoms with Gasteiger partial charge in [-0.15, -0.1) is 0 Å². The zero-order valence-corrected chi connectivity index (χ0v) is 16.6. The van der Waals surface area contributed by atoms with E-state index in [0.29, 0.717) is 5.56 Å². The van der Waals surface area contributed by atoms with Crippen molar-refractivity contribution in [3.63, 3.8) is 0 Å². The number of nitrogens with one attached hydrogen (secondary N) is 1. The maximum absolute atomic E-state index is 13.0. The summed E-state index contributed by atoms with van der Waals surface area (Å²) < 4.78 is 41.0. The van der Waals surface area contributed by atoms with Crippen molar-refractivity contribution in [1.82, 2.24) is 5.32 Å². The molecule has 0 spiro atoms. The number of hydrogen-bond acceptors (Lipinski definition) is 5. The van der Waals surface area contributed by atoms with Crippen LogP contribution in [0.5, 0.6) is 0 Å². The maximum Gasteiger partial charge on any atom is 0.338 e. The van der Waals surface area contributed by atoms with Crippen molar-refractivity contribution in [1.29, 1.82) is 0 Å². The summed E-state index contributed by atoms with van der Waals surface area (Å²) in [6.45, 7) is 3.05. The SMILES string of the molecule is CC(OC(=O)c1ccc(Cl)c(S(N)(=O)=O)c1)C(=O)NC(C)c1ccc(F)cc1. The van der Waals surface area contributed by atoms with Gasteiger partial charge in [0.1, 0.15) is 10.7 Å². The van der Waals surface area contributed by atoms with E-state index < -0.39 is 44.8 Å². The van der Waals surface area contributed by atoms with Gasteiger partial charge in [0.15, 0.2) is 6.10 Å². The molecule has 0 heterocycles. The van der Waals surface area contributed by atoms with Crippen molar-refractivity contribution in [2.45, 2.75) is 30.9 Å². The minimum absolute atomic E-state index is 0.125. The van der Waals surface area contributed by atoms with Gasteiger partial charge in [0.25, 0.3) is 5.91 Å². The Bertz CT molecular complexity index is 996. The van der Waals surface area contributed by atoms with E-state index in [2.05, 4.69) is 5.32 Å². The zero-order chi connectivity index (χ0) is 21.1. The summed E-state index contributed by atoms with van der Waals surface area (Å²) in [5, 5.41) is 7.54. The minimum atomic E-state index is -4.13. The Labute approximate surface area is 166 Å². The van der Waals surface area contributed by atoms with Gasteiger partial charge < -0.3 is 10.1 Å². The van der Waals surface area contributed by atoms with Gasteiger partial charge in [0, 0.05) is 0 Å². The summed E-state index contributed by atoms with van der Waals surface area (Å²) in [5.74, 6) is -1.89. The average Bonchev–Trinajstić information content (AvgIpc) is 2.61. The molecule has 3 N–H and O–H groups in total. The number of benzene rings is 2. The van der Waals surface area contributed by atoms with Crippen molar-refractivity contribution >= 4 is 33.5 Å². The molecule has 0 saturated heterocycles.